The first-order valence-electron chi connectivity index (χ1n) is 10.2. The van der Waals surface area contributed by atoms with Gasteiger partial charge in [-0.15, -0.1) is 0 Å². The topological polar surface area (TPSA) is 67.9 Å². The fraction of sp³-hybridized carbons (Fsp3) is 0.200. The number of nitrogens with one attached hydrogen (secondary N) is 1. The minimum absolute atomic E-state index is 0.110. The molecule has 0 aromatic heterocycles. The smallest absolute Gasteiger partial charge is 0.265 e. The number of benzene rings is 3. The van der Waals surface area contributed by atoms with Crippen molar-refractivity contribution in [2.75, 3.05) is 23.4 Å². The van der Waals surface area contributed by atoms with Crippen molar-refractivity contribution >= 4 is 23.2 Å². The van der Waals surface area contributed by atoms with Gasteiger partial charge < -0.3 is 19.7 Å². The monoisotopic (exact) mass is 434 g/mol. The van der Waals surface area contributed by atoms with Crippen molar-refractivity contribution in [2.24, 2.45) is 0 Å². The van der Waals surface area contributed by atoms with E-state index in [4.69, 9.17) is 9.47 Å². The van der Waals surface area contributed by atoms with Crippen molar-refractivity contribution in [1.29, 1.82) is 0 Å². The number of hydrogen-bond donors (Lipinski definition) is 1. The molecule has 4 rings (SSSR count). The van der Waals surface area contributed by atoms with Crippen LogP contribution in [0.2, 0.25) is 0 Å². The summed E-state index contributed by atoms with van der Waals surface area (Å²) in [6.45, 7) is 3.94. The Labute approximate surface area is 185 Å². The highest BCUT2D eigenvalue weighted by atomic mass is 19.1. The number of ether oxygens (including phenoxy) is 2. The maximum Gasteiger partial charge on any atom is 0.265 e. The van der Waals surface area contributed by atoms with E-state index in [0.29, 0.717) is 29.4 Å². The predicted molar refractivity (Wildman–Crippen MR) is 120 cm³/mol. The van der Waals surface area contributed by atoms with Crippen molar-refractivity contribution < 1.29 is 23.5 Å². The third-order valence-corrected chi connectivity index (χ3v) is 5.14. The number of carbonyl (C=O) groups excluding carboxylic acids is 2. The molecule has 164 valence electrons. The van der Waals surface area contributed by atoms with Gasteiger partial charge in [0, 0.05) is 11.8 Å². The first-order chi connectivity index (χ1) is 15.4. The molecule has 32 heavy (non-hydrogen) atoms. The largest absolute Gasteiger partial charge is 0.483 e. The van der Waals surface area contributed by atoms with Crippen molar-refractivity contribution in [3.63, 3.8) is 0 Å². The maximum absolute atomic E-state index is 13.2. The van der Waals surface area contributed by atoms with E-state index in [1.165, 1.54) is 12.1 Å². The molecule has 3 aromatic rings. The second kappa shape index (κ2) is 9.09. The number of nitrogens with zero attached hydrogens (tertiary/aromatic N) is 1. The summed E-state index contributed by atoms with van der Waals surface area (Å²) >= 11 is 0. The molecular weight excluding hydrogens is 411 g/mol. The maximum atomic E-state index is 13.2. The van der Waals surface area contributed by atoms with E-state index in [-0.39, 0.29) is 30.8 Å². The predicted octanol–water partition coefficient (Wildman–Crippen LogP) is 4.39. The molecule has 0 aliphatic carbocycles. The molecule has 0 radical (unpaired) electrons. The third-order valence-electron chi connectivity index (χ3n) is 5.14. The molecule has 1 heterocycles. The average Bonchev–Trinajstić information content (AvgIpc) is 2.78. The van der Waals surface area contributed by atoms with Gasteiger partial charge in [-0.25, -0.2) is 4.39 Å². The van der Waals surface area contributed by atoms with E-state index < -0.39 is 0 Å². The van der Waals surface area contributed by atoms with Crippen molar-refractivity contribution in [3.05, 3.63) is 83.2 Å². The van der Waals surface area contributed by atoms with Gasteiger partial charge in [-0.05, 0) is 60.9 Å². The summed E-state index contributed by atoms with van der Waals surface area (Å²) in [5.41, 5.74) is 3.94. The molecule has 7 heteroatoms. The zero-order chi connectivity index (χ0) is 22.7. The fourth-order valence-corrected chi connectivity index (χ4v) is 3.43. The molecule has 0 saturated heterocycles. The van der Waals surface area contributed by atoms with Crippen molar-refractivity contribution in [3.8, 4) is 11.5 Å². The summed E-state index contributed by atoms with van der Waals surface area (Å²) in [5.74, 6) is 0.328. The lowest BCUT2D eigenvalue weighted by atomic mass is 10.1. The van der Waals surface area contributed by atoms with Crippen LogP contribution < -0.4 is 19.7 Å². The van der Waals surface area contributed by atoms with E-state index in [2.05, 4.69) is 5.32 Å². The van der Waals surface area contributed by atoms with Gasteiger partial charge >= 0.3 is 0 Å². The normalized spacial score (nSPS) is 12.7. The molecule has 0 saturated carbocycles. The minimum atomic E-state index is -0.329. The Bertz CT molecular complexity index is 1160. The minimum Gasteiger partial charge on any atom is -0.483 e. The van der Waals surface area contributed by atoms with E-state index in [1.54, 1.807) is 35.2 Å². The van der Waals surface area contributed by atoms with Crippen molar-refractivity contribution in [1.82, 2.24) is 0 Å². The molecule has 0 unspecified atom stereocenters. The van der Waals surface area contributed by atoms with E-state index in [1.807, 2.05) is 32.0 Å². The number of anilines is 2. The summed E-state index contributed by atoms with van der Waals surface area (Å²) < 4.78 is 24.4. The molecule has 1 aliphatic rings. The lowest BCUT2D eigenvalue weighted by molar-refractivity contribution is -0.121. The van der Waals surface area contributed by atoms with Gasteiger partial charge in [0.1, 0.15) is 17.3 Å². The van der Waals surface area contributed by atoms with E-state index in [0.717, 1.165) is 16.7 Å². The zero-order valence-corrected chi connectivity index (χ0v) is 17.9. The summed E-state index contributed by atoms with van der Waals surface area (Å²) in [5, 5.41) is 2.79. The molecule has 1 N–H and O–H groups in total. The highest BCUT2D eigenvalue weighted by molar-refractivity contribution is 5.99. The Morgan fingerprint density at radius 2 is 1.88 bits per heavy atom. The van der Waals surface area contributed by atoms with Crippen LogP contribution in [-0.4, -0.2) is 25.0 Å². The second-order valence-electron chi connectivity index (χ2n) is 7.68. The SMILES string of the molecule is Cc1ccc(C)c(OCC(=O)Nc2ccc3c(c2)OCC(=O)N3Cc2ccc(F)cc2)c1. The quantitative estimate of drug-likeness (QED) is 0.625. The number of halogens is 1. The molecule has 3 aromatic carbocycles. The average molecular weight is 434 g/mol. The van der Waals surface area contributed by atoms with Crippen LogP contribution in [0.1, 0.15) is 16.7 Å². The number of amides is 2. The number of aryl methyl sites for hydroxylation is 2. The van der Waals surface area contributed by atoms with E-state index in [9.17, 15) is 14.0 Å². The number of carbonyl (C=O) groups is 2. The van der Waals surface area contributed by atoms with Gasteiger partial charge in [0.05, 0.1) is 12.2 Å². The lowest BCUT2D eigenvalue weighted by Gasteiger charge is -2.29. The number of fused-ring (bicyclic) bond motifs is 1. The third kappa shape index (κ3) is 4.88. The van der Waals surface area contributed by atoms with Gasteiger partial charge in [-0.3, -0.25) is 9.59 Å². The summed E-state index contributed by atoms with van der Waals surface area (Å²) in [6.07, 6.45) is 0. The van der Waals surface area contributed by atoms with Gasteiger partial charge in [-0.1, -0.05) is 24.3 Å². The Balaban J connectivity index is 1.43. The van der Waals surface area contributed by atoms with Gasteiger partial charge in [-0.2, -0.15) is 0 Å². The number of hydrogen-bond acceptors (Lipinski definition) is 4. The summed E-state index contributed by atoms with van der Waals surface area (Å²) in [7, 11) is 0. The molecule has 0 fully saturated rings. The fourth-order valence-electron chi connectivity index (χ4n) is 3.43. The molecule has 0 atom stereocenters. The first kappa shape index (κ1) is 21.4. The van der Waals surface area contributed by atoms with Crippen LogP contribution in [0.5, 0.6) is 11.5 Å². The standard InChI is InChI=1S/C25H23FN2O4/c1-16-3-4-17(2)22(11-16)31-14-24(29)27-20-9-10-21-23(12-20)32-15-25(30)28(21)13-18-5-7-19(26)8-6-18/h3-12H,13-15H2,1-2H3,(H,27,29). The zero-order valence-electron chi connectivity index (χ0n) is 17.9. The van der Waals surface area contributed by atoms with Crippen LogP contribution >= 0.6 is 0 Å². The van der Waals surface area contributed by atoms with Crippen LogP contribution in [0.3, 0.4) is 0 Å². The lowest BCUT2D eigenvalue weighted by Crippen LogP contribution is -2.38. The first-order valence-corrected chi connectivity index (χ1v) is 10.2. The van der Waals surface area contributed by atoms with Crippen LogP contribution in [-0.2, 0) is 16.1 Å². The molecule has 0 spiro atoms. The van der Waals surface area contributed by atoms with Crippen LogP contribution in [0.25, 0.3) is 0 Å². The van der Waals surface area contributed by atoms with Gasteiger partial charge in [0.25, 0.3) is 11.8 Å². The van der Waals surface area contributed by atoms with E-state index >= 15 is 0 Å². The Hall–Kier alpha value is -3.87. The molecule has 2 amide bonds. The summed E-state index contributed by atoms with van der Waals surface area (Å²) in [6, 6.07) is 16.9. The van der Waals surface area contributed by atoms with Gasteiger partial charge in [0.15, 0.2) is 13.2 Å². The molecule has 1 aliphatic heterocycles. The highest BCUT2D eigenvalue weighted by Gasteiger charge is 2.26. The molecular formula is C25H23FN2O4. The van der Waals surface area contributed by atoms with Crippen molar-refractivity contribution in [2.45, 2.75) is 20.4 Å². The molecule has 6 nitrogen and oxygen atoms in total. The Kier molecular flexibility index (Phi) is 6.07. The second-order valence-corrected chi connectivity index (χ2v) is 7.68. The summed E-state index contributed by atoms with van der Waals surface area (Å²) in [4.78, 5) is 26.4. The van der Waals surface area contributed by atoms with Gasteiger partial charge in [0.2, 0.25) is 0 Å². The van der Waals surface area contributed by atoms with Crippen LogP contribution in [0.4, 0.5) is 15.8 Å². The van der Waals surface area contributed by atoms with Crippen LogP contribution in [0.15, 0.2) is 60.7 Å². The van der Waals surface area contributed by atoms with Crippen LogP contribution in [0, 0.1) is 19.7 Å². The highest BCUT2D eigenvalue weighted by Crippen LogP contribution is 2.35. The Morgan fingerprint density at radius 1 is 1.09 bits per heavy atom. The number of rotatable bonds is 6. The Morgan fingerprint density at radius 3 is 2.66 bits per heavy atom. The molecule has 0 bridgehead atoms.